The summed E-state index contributed by atoms with van der Waals surface area (Å²) in [5.41, 5.74) is 0.00497. The van der Waals surface area contributed by atoms with Crippen LogP contribution in [0.25, 0.3) is 11.1 Å². The van der Waals surface area contributed by atoms with Gasteiger partial charge in [-0.25, -0.2) is 4.39 Å². The van der Waals surface area contributed by atoms with Gasteiger partial charge in [0, 0.05) is 5.56 Å². The van der Waals surface area contributed by atoms with Crippen LogP contribution in [0.1, 0.15) is 0 Å². The number of phenolic OH excluding ortho intramolecular Hbond substituents is 2. The molecule has 0 amide bonds. The van der Waals surface area contributed by atoms with Gasteiger partial charge in [-0.05, 0) is 24.3 Å². The second-order valence-electron chi connectivity index (χ2n) is 3.27. The van der Waals surface area contributed by atoms with Gasteiger partial charge < -0.3 is 10.2 Å². The fourth-order valence-electron chi connectivity index (χ4n) is 1.52. The summed E-state index contributed by atoms with van der Waals surface area (Å²) in [6.45, 7) is 0. The second kappa shape index (κ2) is 4.02. The average molecular weight is 239 g/mol. The monoisotopic (exact) mass is 238 g/mol. The van der Waals surface area contributed by atoms with Crippen molar-refractivity contribution >= 4 is 11.6 Å². The summed E-state index contributed by atoms with van der Waals surface area (Å²) < 4.78 is 13.6. The van der Waals surface area contributed by atoms with Gasteiger partial charge >= 0.3 is 0 Å². The molecular formula is C12H8ClFO2. The van der Waals surface area contributed by atoms with Gasteiger partial charge in [-0.2, -0.15) is 0 Å². The fourth-order valence-corrected chi connectivity index (χ4v) is 1.78. The molecule has 2 aromatic rings. The van der Waals surface area contributed by atoms with Crippen molar-refractivity contribution in [2.45, 2.75) is 0 Å². The molecule has 2 aromatic carbocycles. The lowest BCUT2D eigenvalue weighted by Gasteiger charge is -2.09. The Morgan fingerprint density at radius 2 is 1.44 bits per heavy atom. The number of benzene rings is 2. The van der Waals surface area contributed by atoms with Crippen LogP contribution in [0.15, 0.2) is 36.4 Å². The van der Waals surface area contributed by atoms with Crippen molar-refractivity contribution in [2.24, 2.45) is 0 Å². The van der Waals surface area contributed by atoms with Crippen molar-refractivity contribution in [3.05, 3.63) is 47.2 Å². The fraction of sp³-hybridized carbons (Fsp3) is 0. The van der Waals surface area contributed by atoms with Gasteiger partial charge in [-0.15, -0.1) is 0 Å². The Morgan fingerprint density at radius 1 is 0.875 bits per heavy atom. The van der Waals surface area contributed by atoms with Crippen LogP contribution in [-0.2, 0) is 0 Å². The lowest BCUT2D eigenvalue weighted by atomic mass is 10.0. The highest BCUT2D eigenvalue weighted by Crippen LogP contribution is 2.41. The highest BCUT2D eigenvalue weighted by atomic mass is 35.5. The molecule has 0 bridgehead atoms. The molecular weight excluding hydrogens is 231 g/mol. The summed E-state index contributed by atoms with van der Waals surface area (Å²) in [6, 6.07) is 8.34. The Labute approximate surface area is 96.5 Å². The minimum Gasteiger partial charge on any atom is -0.507 e. The Hall–Kier alpha value is -1.74. The molecule has 0 spiro atoms. The van der Waals surface area contributed by atoms with E-state index in [1.165, 1.54) is 36.4 Å². The molecule has 0 aliphatic carbocycles. The predicted octanol–water partition coefficient (Wildman–Crippen LogP) is 3.56. The smallest absolute Gasteiger partial charge is 0.132 e. The summed E-state index contributed by atoms with van der Waals surface area (Å²) in [7, 11) is 0. The molecule has 0 atom stereocenters. The third-order valence-electron chi connectivity index (χ3n) is 2.23. The zero-order chi connectivity index (χ0) is 11.7. The van der Waals surface area contributed by atoms with E-state index in [0.29, 0.717) is 0 Å². The zero-order valence-corrected chi connectivity index (χ0v) is 8.87. The van der Waals surface area contributed by atoms with E-state index in [4.69, 9.17) is 11.6 Å². The third kappa shape index (κ3) is 1.70. The van der Waals surface area contributed by atoms with Crippen LogP contribution in [0, 0.1) is 5.82 Å². The van der Waals surface area contributed by atoms with E-state index in [-0.39, 0.29) is 27.6 Å². The van der Waals surface area contributed by atoms with Crippen molar-refractivity contribution in [3.8, 4) is 22.6 Å². The summed E-state index contributed by atoms with van der Waals surface area (Å²) in [6.07, 6.45) is 0. The van der Waals surface area contributed by atoms with E-state index in [2.05, 4.69) is 0 Å². The molecule has 0 heterocycles. The summed E-state index contributed by atoms with van der Waals surface area (Å²) in [5.74, 6) is -1.02. The number of hydrogen-bond acceptors (Lipinski definition) is 2. The maximum atomic E-state index is 13.6. The van der Waals surface area contributed by atoms with Gasteiger partial charge in [0.1, 0.15) is 17.3 Å². The van der Waals surface area contributed by atoms with Gasteiger partial charge in [0.15, 0.2) is 0 Å². The Kier molecular flexibility index (Phi) is 2.71. The minimum atomic E-state index is -0.593. The zero-order valence-electron chi connectivity index (χ0n) is 8.11. The van der Waals surface area contributed by atoms with Crippen LogP contribution in [0.3, 0.4) is 0 Å². The lowest BCUT2D eigenvalue weighted by molar-refractivity contribution is 0.453. The third-order valence-corrected chi connectivity index (χ3v) is 2.55. The van der Waals surface area contributed by atoms with Crippen LogP contribution < -0.4 is 0 Å². The minimum absolute atomic E-state index is 0.000216. The average Bonchev–Trinajstić information content (AvgIpc) is 2.21. The van der Waals surface area contributed by atoms with Crippen LogP contribution in [0.5, 0.6) is 11.5 Å². The second-order valence-corrected chi connectivity index (χ2v) is 3.68. The Morgan fingerprint density at radius 3 is 2.00 bits per heavy atom. The number of halogens is 2. The molecule has 2 nitrogen and oxygen atoms in total. The topological polar surface area (TPSA) is 40.5 Å². The number of phenols is 2. The number of hydrogen-bond donors (Lipinski definition) is 2. The molecule has 0 aliphatic heterocycles. The highest BCUT2D eigenvalue weighted by Gasteiger charge is 2.16. The molecule has 0 fully saturated rings. The molecule has 0 aliphatic rings. The largest absolute Gasteiger partial charge is 0.507 e. The van der Waals surface area contributed by atoms with Gasteiger partial charge in [0.25, 0.3) is 0 Å². The predicted molar refractivity (Wildman–Crippen MR) is 60.2 cm³/mol. The highest BCUT2D eigenvalue weighted by molar-refractivity contribution is 6.33. The first-order chi connectivity index (χ1) is 7.61. The van der Waals surface area contributed by atoms with Crippen molar-refractivity contribution in [2.75, 3.05) is 0 Å². The Balaban J connectivity index is 2.77. The molecule has 82 valence electrons. The first-order valence-corrected chi connectivity index (χ1v) is 4.94. The lowest BCUT2D eigenvalue weighted by Crippen LogP contribution is -1.87. The van der Waals surface area contributed by atoms with Crippen molar-refractivity contribution in [1.29, 1.82) is 0 Å². The summed E-state index contributed by atoms with van der Waals surface area (Å²) in [4.78, 5) is 0. The first kappa shape index (κ1) is 10.8. The van der Waals surface area contributed by atoms with Gasteiger partial charge in [-0.3, -0.25) is 0 Å². The molecule has 4 heteroatoms. The standard InChI is InChI=1S/C12H8ClFO2/c13-7-3-1-4-8(14)11(7)12-9(15)5-2-6-10(12)16/h1-6,15-16H. The van der Waals surface area contributed by atoms with Crippen LogP contribution in [0.2, 0.25) is 5.02 Å². The van der Waals surface area contributed by atoms with Gasteiger partial charge in [0.2, 0.25) is 0 Å². The van der Waals surface area contributed by atoms with Gasteiger partial charge in [0.05, 0.1) is 10.6 Å². The summed E-state index contributed by atoms with van der Waals surface area (Å²) >= 11 is 5.85. The van der Waals surface area contributed by atoms with Crippen LogP contribution in [0.4, 0.5) is 4.39 Å². The van der Waals surface area contributed by atoms with Crippen molar-refractivity contribution in [3.63, 3.8) is 0 Å². The normalized spacial score (nSPS) is 10.4. The van der Waals surface area contributed by atoms with Crippen LogP contribution >= 0.6 is 11.6 Å². The molecule has 2 rings (SSSR count). The maximum absolute atomic E-state index is 13.6. The van der Waals surface area contributed by atoms with Crippen molar-refractivity contribution < 1.29 is 14.6 Å². The number of rotatable bonds is 1. The molecule has 0 saturated heterocycles. The van der Waals surface area contributed by atoms with Crippen LogP contribution in [-0.4, -0.2) is 10.2 Å². The molecule has 16 heavy (non-hydrogen) atoms. The maximum Gasteiger partial charge on any atom is 0.132 e. The molecule has 0 saturated carbocycles. The number of aromatic hydroxyl groups is 2. The molecule has 2 N–H and O–H groups in total. The molecule has 0 unspecified atom stereocenters. The van der Waals surface area contributed by atoms with E-state index in [9.17, 15) is 14.6 Å². The van der Waals surface area contributed by atoms with E-state index in [1.807, 2.05) is 0 Å². The van der Waals surface area contributed by atoms with Crippen molar-refractivity contribution in [1.82, 2.24) is 0 Å². The van der Waals surface area contributed by atoms with E-state index in [1.54, 1.807) is 0 Å². The Bertz CT molecular complexity index is 451. The first-order valence-electron chi connectivity index (χ1n) is 4.56. The molecule has 0 aromatic heterocycles. The van der Waals surface area contributed by atoms with E-state index >= 15 is 0 Å². The quantitative estimate of drug-likeness (QED) is 0.798. The van der Waals surface area contributed by atoms with E-state index < -0.39 is 5.82 Å². The molecule has 0 radical (unpaired) electrons. The summed E-state index contributed by atoms with van der Waals surface area (Å²) in [5, 5.41) is 19.4. The van der Waals surface area contributed by atoms with E-state index in [0.717, 1.165) is 0 Å². The van der Waals surface area contributed by atoms with Gasteiger partial charge in [-0.1, -0.05) is 23.7 Å². The SMILES string of the molecule is Oc1cccc(O)c1-c1c(F)cccc1Cl.